The van der Waals surface area contributed by atoms with Gasteiger partial charge in [-0.25, -0.2) is 8.42 Å². The van der Waals surface area contributed by atoms with Gasteiger partial charge in [0.2, 0.25) is 10.0 Å². The van der Waals surface area contributed by atoms with Crippen LogP contribution in [-0.4, -0.2) is 39.8 Å². The van der Waals surface area contributed by atoms with E-state index in [-0.39, 0.29) is 13.1 Å². The first-order valence-corrected chi connectivity index (χ1v) is 10.9. The molecule has 0 saturated heterocycles. The second-order valence-corrected chi connectivity index (χ2v) is 8.65. The molecule has 0 spiro atoms. The molecule has 0 radical (unpaired) electrons. The van der Waals surface area contributed by atoms with E-state index < -0.39 is 22.0 Å². The van der Waals surface area contributed by atoms with Crippen LogP contribution in [0.15, 0.2) is 42.5 Å². The van der Waals surface area contributed by atoms with Gasteiger partial charge >= 0.3 is 0 Å². The lowest BCUT2D eigenvalue weighted by Crippen LogP contribution is -2.50. The zero-order chi connectivity index (χ0) is 20.3. The lowest BCUT2D eigenvalue weighted by atomic mass is 10.2. The van der Waals surface area contributed by atoms with E-state index in [2.05, 4.69) is 5.32 Å². The highest BCUT2D eigenvalue weighted by Crippen LogP contribution is 2.37. The number of amides is 1. The Morgan fingerprint density at radius 1 is 1.32 bits per heavy atom. The molecule has 1 N–H and O–H groups in total. The van der Waals surface area contributed by atoms with Crippen LogP contribution in [0.2, 0.25) is 5.02 Å². The summed E-state index contributed by atoms with van der Waals surface area (Å²) in [4.78, 5) is 12.6. The van der Waals surface area contributed by atoms with Crippen molar-refractivity contribution < 1.29 is 22.7 Å². The van der Waals surface area contributed by atoms with E-state index in [0.29, 0.717) is 23.1 Å². The molecule has 1 heterocycles. The molecule has 2 aromatic rings. The molecule has 0 aromatic heterocycles. The highest BCUT2D eigenvalue weighted by Gasteiger charge is 2.35. The summed E-state index contributed by atoms with van der Waals surface area (Å²) >= 11 is 5.98. The number of carbonyl (C=O) groups excluding carboxylic acids is 1. The topological polar surface area (TPSA) is 84.9 Å². The lowest BCUT2D eigenvalue weighted by molar-refractivity contribution is -0.127. The van der Waals surface area contributed by atoms with E-state index in [0.717, 1.165) is 21.9 Å². The first kappa shape index (κ1) is 20.3. The normalized spacial score (nSPS) is 16.1. The number of hydrogen-bond donors (Lipinski definition) is 1. The van der Waals surface area contributed by atoms with Crippen molar-refractivity contribution in [2.45, 2.75) is 19.6 Å². The molecule has 0 bridgehead atoms. The molecule has 7 nitrogen and oxygen atoms in total. The molecule has 9 heteroatoms. The predicted molar refractivity (Wildman–Crippen MR) is 108 cm³/mol. The third kappa shape index (κ3) is 4.69. The smallest absolute Gasteiger partial charge is 0.263 e. The van der Waals surface area contributed by atoms with E-state index in [9.17, 15) is 13.2 Å². The highest BCUT2D eigenvalue weighted by atomic mass is 35.5. The van der Waals surface area contributed by atoms with Gasteiger partial charge in [0.05, 0.1) is 25.1 Å². The molecule has 28 heavy (non-hydrogen) atoms. The largest absolute Gasteiger partial charge is 0.494 e. The van der Waals surface area contributed by atoms with Gasteiger partial charge in [0.15, 0.2) is 6.10 Å². The van der Waals surface area contributed by atoms with Crippen molar-refractivity contribution in [2.75, 3.05) is 23.7 Å². The van der Waals surface area contributed by atoms with Gasteiger partial charge in [-0.1, -0.05) is 23.7 Å². The molecule has 2 aromatic carbocycles. The minimum atomic E-state index is -3.60. The second-order valence-electron chi connectivity index (χ2n) is 6.31. The van der Waals surface area contributed by atoms with Gasteiger partial charge in [0.25, 0.3) is 5.91 Å². The minimum Gasteiger partial charge on any atom is -0.494 e. The summed E-state index contributed by atoms with van der Waals surface area (Å²) in [5, 5.41) is 3.17. The zero-order valence-corrected chi connectivity index (χ0v) is 17.1. The minimum absolute atomic E-state index is 0.128. The monoisotopic (exact) mass is 424 g/mol. The molecule has 0 saturated carbocycles. The Labute approximate surface area is 169 Å². The fraction of sp³-hybridized carbons (Fsp3) is 0.316. The fourth-order valence-corrected chi connectivity index (χ4v) is 3.96. The number of benzene rings is 2. The Balaban J connectivity index is 1.74. The molecule has 1 aliphatic rings. The third-order valence-corrected chi connectivity index (χ3v) is 5.54. The number of nitrogens with one attached hydrogen (secondary N) is 1. The van der Waals surface area contributed by atoms with Gasteiger partial charge < -0.3 is 14.8 Å². The van der Waals surface area contributed by atoms with Gasteiger partial charge in [0, 0.05) is 11.6 Å². The van der Waals surface area contributed by atoms with Crippen LogP contribution in [0.25, 0.3) is 0 Å². The first-order chi connectivity index (χ1) is 13.3. The van der Waals surface area contributed by atoms with Crippen molar-refractivity contribution >= 4 is 33.2 Å². The Morgan fingerprint density at radius 2 is 2.11 bits per heavy atom. The molecule has 0 unspecified atom stereocenters. The highest BCUT2D eigenvalue weighted by molar-refractivity contribution is 7.92. The van der Waals surface area contributed by atoms with Gasteiger partial charge in [-0.15, -0.1) is 0 Å². The van der Waals surface area contributed by atoms with Crippen LogP contribution >= 0.6 is 11.6 Å². The van der Waals surface area contributed by atoms with Crippen LogP contribution < -0.4 is 19.1 Å². The van der Waals surface area contributed by atoms with Crippen LogP contribution in [0.4, 0.5) is 5.69 Å². The molecule has 0 fully saturated rings. The molecular weight excluding hydrogens is 404 g/mol. The summed E-state index contributed by atoms with van der Waals surface area (Å²) in [6, 6.07) is 12.0. The average Bonchev–Trinajstić information content (AvgIpc) is 2.65. The standard InChI is InChI=1S/C19H21ClN2O5S/c1-3-26-15-6-4-5-13(9-15)11-21-19(23)18-12-22(28(2,24)25)16-10-14(20)7-8-17(16)27-18/h4-10,18H,3,11-12H2,1-2H3,(H,21,23)/t18-/m1/s1. The third-order valence-electron chi connectivity index (χ3n) is 4.16. The second kappa shape index (κ2) is 8.28. The SMILES string of the molecule is CCOc1cccc(CNC(=O)[C@H]2CN(S(C)(=O)=O)c3cc(Cl)ccc3O2)c1. The van der Waals surface area contributed by atoms with Crippen LogP contribution in [-0.2, 0) is 21.4 Å². The Kier molecular flexibility index (Phi) is 6.00. The zero-order valence-electron chi connectivity index (χ0n) is 15.5. The van der Waals surface area contributed by atoms with E-state index in [4.69, 9.17) is 21.1 Å². The summed E-state index contributed by atoms with van der Waals surface area (Å²) in [5.74, 6) is 0.604. The maximum atomic E-state index is 12.6. The number of hydrogen-bond acceptors (Lipinski definition) is 5. The molecule has 1 amide bonds. The van der Waals surface area contributed by atoms with Crippen molar-refractivity contribution in [3.05, 3.63) is 53.1 Å². The molecular formula is C19H21ClN2O5S. The summed E-state index contributed by atoms with van der Waals surface area (Å²) in [6.07, 6.45) is 0.107. The van der Waals surface area contributed by atoms with E-state index >= 15 is 0 Å². The summed E-state index contributed by atoms with van der Waals surface area (Å²) in [6.45, 7) is 2.59. The number of carbonyl (C=O) groups is 1. The summed E-state index contributed by atoms with van der Waals surface area (Å²) < 4.78 is 36.7. The van der Waals surface area contributed by atoms with Crippen LogP contribution in [0.3, 0.4) is 0 Å². The number of anilines is 1. The van der Waals surface area contributed by atoms with Crippen LogP contribution in [0.5, 0.6) is 11.5 Å². The predicted octanol–water partition coefficient (Wildman–Crippen LogP) is 2.58. The van der Waals surface area contributed by atoms with Crippen molar-refractivity contribution in [1.29, 1.82) is 0 Å². The number of ether oxygens (including phenoxy) is 2. The van der Waals surface area contributed by atoms with Crippen molar-refractivity contribution in [3.8, 4) is 11.5 Å². The molecule has 1 aliphatic heterocycles. The number of halogens is 1. The van der Waals surface area contributed by atoms with E-state index in [1.54, 1.807) is 12.1 Å². The number of fused-ring (bicyclic) bond motifs is 1. The summed E-state index contributed by atoms with van der Waals surface area (Å²) in [5.41, 5.74) is 1.19. The Morgan fingerprint density at radius 3 is 2.82 bits per heavy atom. The lowest BCUT2D eigenvalue weighted by Gasteiger charge is -2.34. The number of sulfonamides is 1. The molecule has 150 valence electrons. The fourth-order valence-electron chi connectivity index (χ4n) is 2.89. The molecule has 1 atom stereocenters. The van der Waals surface area contributed by atoms with Crippen molar-refractivity contribution in [1.82, 2.24) is 5.32 Å². The van der Waals surface area contributed by atoms with E-state index in [1.165, 1.54) is 6.07 Å². The summed E-state index contributed by atoms with van der Waals surface area (Å²) in [7, 11) is -3.60. The van der Waals surface area contributed by atoms with Crippen LogP contribution in [0.1, 0.15) is 12.5 Å². The molecule has 3 rings (SSSR count). The van der Waals surface area contributed by atoms with Gasteiger partial charge in [-0.05, 0) is 42.8 Å². The quantitative estimate of drug-likeness (QED) is 0.770. The maximum Gasteiger partial charge on any atom is 0.263 e. The maximum absolute atomic E-state index is 12.6. The van der Waals surface area contributed by atoms with Crippen molar-refractivity contribution in [3.63, 3.8) is 0 Å². The van der Waals surface area contributed by atoms with E-state index in [1.807, 2.05) is 31.2 Å². The van der Waals surface area contributed by atoms with Gasteiger partial charge in [-0.3, -0.25) is 9.10 Å². The van der Waals surface area contributed by atoms with Gasteiger partial charge in [-0.2, -0.15) is 0 Å². The Bertz CT molecular complexity index is 980. The first-order valence-electron chi connectivity index (χ1n) is 8.71. The van der Waals surface area contributed by atoms with Gasteiger partial charge in [0.1, 0.15) is 11.5 Å². The number of rotatable bonds is 6. The average molecular weight is 425 g/mol. The number of nitrogens with zero attached hydrogens (tertiary/aromatic N) is 1. The van der Waals surface area contributed by atoms with Crippen LogP contribution in [0, 0.1) is 0 Å². The van der Waals surface area contributed by atoms with Crippen molar-refractivity contribution in [2.24, 2.45) is 0 Å². The Hall–Kier alpha value is -2.45. The molecule has 0 aliphatic carbocycles.